The third-order valence-electron chi connectivity index (χ3n) is 4.18. The van der Waals surface area contributed by atoms with Crippen molar-refractivity contribution >= 4 is 29.1 Å². The van der Waals surface area contributed by atoms with Crippen molar-refractivity contribution in [3.63, 3.8) is 0 Å². The number of carbonyl (C=O) groups excluding carboxylic acids is 1. The molecule has 1 N–H and O–H groups in total. The van der Waals surface area contributed by atoms with Gasteiger partial charge in [-0.1, -0.05) is 30.3 Å². The fourth-order valence-corrected chi connectivity index (χ4v) is 3.53. The molecule has 0 atom stereocenters. The number of hydrogen-bond donors (Lipinski definition) is 1. The van der Waals surface area contributed by atoms with Crippen LogP contribution in [0.5, 0.6) is 5.75 Å². The molecule has 0 unspecified atom stereocenters. The number of rotatable bonds is 7. The molecule has 2 aliphatic heterocycles. The molecule has 1 aromatic rings. The molecule has 0 bridgehead atoms. The zero-order chi connectivity index (χ0) is 17.3. The summed E-state index contributed by atoms with van der Waals surface area (Å²) < 4.78 is 5.93. The molecule has 2 fully saturated rings. The first kappa shape index (κ1) is 17.9. The Hall–Kier alpha value is -1.86. The number of nitrogens with one attached hydrogen (secondary N) is 1. The summed E-state index contributed by atoms with van der Waals surface area (Å²) in [5, 5.41) is 11.3. The maximum atomic E-state index is 11.1. The maximum Gasteiger partial charge on any atom is 0.236 e. The number of hydrogen-bond acceptors (Lipinski definition) is 6. The van der Waals surface area contributed by atoms with Crippen LogP contribution in [0.3, 0.4) is 0 Å². The van der Waals surface area contributed by atoms with Gasteiger partial charge in [-0.2, -0.15) is 5.10 Å². The summed E-state index contributed by atoms with van der Waals surface area (Å²) in [6.07, 6.45) is 6.70. The minimum atomic E-state index is -0.0311. The lowest BCUT2D eigenvalue weighted by Gasteiger charge is -2.26. The Kier molecular flexibility index (Phi) is 6.88. The number of benzene rings is 1. The monoisotopic (exact) mass is 360 g/mol. The van der Waals surface area contributed by atoms with Crippen molar-refractivity contribution in [2.45, 2.75) is 25.7 Å². The highest BCUT2D eigenvalue weighted by atomic mass is 32.2. The van der Waals surface area contributed by atoms with Crippen LogP contribution in [0.15, 0.2) is 34.5 Å². The summed E-state index contributed by atoms with van der Waals surface area (Å²) in [7, 11) is 0. The third-order valence-corrected chi connectivity index (χ3v) is 5.04. The highest BCUT2D eigenvalue weighted by molar-refractivity contribution is 8.15. The Morgan fingerprint density at radius 1 is 1.24 bits per heavy atom. The van der Waals surface area contributed by atoms with E-state index in [4.69, 9.17) is 4.74 Å². The molecule has 2 saturated heterocycles. The summed E-state index contributed by atoms with van der Waals surface area (Å²) in [6.45, 7) is 4.23. The summed E-state index contributed by atoms with van der Waals surface area (Å²) in [5.74, 6) is 1.19. The predicted octanol–water partition coefficient (Wildman–Crippen LogP) is 2.49. The number of amidine groups is 1. The summed E-state index contributed by atoms with van der Waals surface area (Å²) >= 11 is 1.36. The van der Waals surface area contributed by atoms with Crippen molar-refractivity contribution < 1.29 is 9.53 Å². The molecule has 134 valence electrons. The standard InChI is InChI=1S/C18H24N4O2S/c23-17-14-25-18(20-17)21-19-13-15-7-2-3-8-16(15)24-12-6-11-22-9-4-1-5-10-22/h2-3,7-8,13H,1,4-6,9-12,14H2,(H,20,21,23). The highest BCUT2D eigenvalue weighted by Gasteiger charge is 2.16. The van der Waals surface area contributed by atoms with E-state index in [2.05, 4.69) is 20.4 Å². The first-order valence-corrected chi connectivity index (χ1v) is 9.78. The van der Waals surface area contributed by atoms with Crippen LogP contribution in [0.2, 0.25) is 0 Å². The van der Waals surface area contributed by atoms with Crippen LogP contribution >= 0.6 is 11.8 Å². The third kappa shape index (κ3) is 5.86. The van der Waals surface area contributed by atoms with E-state index in [0.29, 0.717) is 17.5 Å². The summed E-state index contributed by atoms with van der Waals surface area (Å²) in [5.41, 5.74) is 0.888. The lowest BCUT2D eigenvalue weighted by atomic mass is 10.1. The van der Waals surface area contributed by atoms with Gasteiger partial charge in [0.1, 0.15) is 5.75 Å². The normalized spacial score (nSPS) is 20.3. The molecule has 1 aromatic carbocycles. The molecule has 0 aliphatic carbocycles. The molecule has 0 radical (unpaired) electrons. The number of carbonyl (C=O) groups is 1. The molecule has 1 amide bonds. The topological polar surface area (TPSA) is 66.3 Å². The Labute approximate surface area is 152 Å². The Bertz CT molecular complexity index is 642. The lowest BCUT2D eigenvalue weighted by Crippen LogP contribution is -2.31. The number of amides is 1. The van der Waals surface area contributed by atoms with Crippen LogP contribution < -0.4 is 10.1 Å². The quantitative estimate of drug-likeness (QED) is 0.461. The van der Waals surface area contributed by atoms with Gasteiger partial charge in [0.05, 0.1) is 18.6 Å². The van der Waals surface area contributed by atoms with Crippen LogP contribution in [-0.2, 0) is 4.79 Å². The largest absolute Gasteiger partial charge is 0.493 e. The van der Waals surface area contributed by atoms with Gasteiger partial charge in [-0.3, -0.25) is 4.79 Å². The van der Waals surface area contributed by atoms with Gasteiger partial charge in [-0.05, 0) is 44.5 Å². The maximum absolute atomic E-state index is 11.1. The van der Waals surface area contributed by atoms with Crippen molar-refractivity contribution in [1.82, 2.24) is 10.2 Å². The van der Waals surface area contributed by atoms with E-state index in [1.54, 1.807) is 6.21 Å². The predicted molar refractivity (Wildman–Crippen MR) is 102 cm³/mol. The first-order chi connectivity index (χ1) is 12.3. The van der Waals surface area contributed by atoms with E-state index in [1.165, 1.54) is 44.1 Å². The van der Waals surface area contributed by atoms with Crippen molar-refractivity contribution in [3.05, 3.63) is 29.8 Å². The Morgan fingerprint density at radius 2 is 2.08 bits per heavy atom. The SMILES string of the molecule is O=C1CSC(=NN=Cc2ccccc2OCCCN2CCCCC2)N1. The van der Waals surface area contributed by atoms with E-state index in [0.717, 1.165) is 24.3 Å². The summed E-state index contributed by atoms with van der Waals surface area (Å²) in [6, 6.07) is 7.79. The van der Waals surface area contributed by atoms with Gasteiger partial charge in [0.2, 0.25) is 5.91 Å². The first-order valence-electron chi connectivity index (χ1n) is 8.79. The molecule has 6 nitrogen and oxygen atoms in total. The average Bonchev–Trinajstić information content (AvgIpc) is 3.06. The molecule has 7 heteroatoms. The number of ether oxygens (including phenoxy) is 1. The molecular formula is C18H24N4O2S. The molecule has 2 aliphatic rings. The van der Waals surface area contributed by atoms with Gasteiger partial charge in [0.25, 0.3) is 0 Å². The Morgan fingerprint density at radius 3 is 2.88 bits per heavy atom. The van der Waals surface area contributed by atoms with Gasteiger partial charge in [-0.25, -0.2) is 0 Å². The van der Waals surface area contributed by atoms with Gasteiger partial charge in [0, 0.05) is 12.1 Å². The smallest absolute Gasteiger partial charge is 0.236 e. The second kappa shape index (κ2) is 9.58. The fourth-order valence-electron chi connectivity index (χ4n) is 2.89. The van der Waals surface area contributed by atoms with Crippen molar-refractivity contribution in [2.75, 3.05) is 32.0 Å². The van der Waals surface area contributed by atoms with E-state index < -0.39 is 0 Å². The number of para-hydroxylation sites is 1. The zero-order valence-corrected chi connectivity index (χ0v) is 15.1. The number of nitrogens with zero attached hydrogens (tertiary/aromatic N) is 3. The fraction of sp³-hybridized carbons (Fsp3) is 0.500. The number of likely N-dealkylation sites (tertiary alicyclic amines) is 1. The number of piperidine rings is 1. The molecule has 3 rings (SSSR count). The van der Waals surface area contributed by atoms with E-state index >= 15 is 0 Å². The van der Waals surface area contributed by atoms with E-state index in [-0.39, 0.29) is 5.91 Å². The molecule has 0 spiro atoms. The van der Waals surface area contributed by atoms with Crippen LogP contribution in [0, 0.1) is 0 Å². The van der Waals surface area contributed by atoms with Crippen LogP contribution in [-0.4, -0.2) is 54.2 Å². The van der Waals surface area contributed by atoms with Crippen molar-refractivity contribution in [2.24, 2.45) is 10.2 Å². The zero-order valence-electron chi connectivity index (χ0n) is 14.3. The second-order valence-corrected chi connectivity index (χ2v) is 7.09. The van der Waals surface area contributed by atoms with Crippen molar-refractivity contribution in [1.29, 1.82) is 0 Å². The number of thioether (sulfide) groups is 1. The van der Waals surface area contributed by atoms with Crippen LogP contribution in [0.4, 0.5) is 0 Å². The molecular weight excluding hydrogens is 336 g/mol. The minimum Gasteiger partial charge on any atom is -0.493 e. The molecule has 0 saturated carbocycles. The van der Waals surface area contributed by atoms with Gasteiger partial charge < -0.3 is 15.0 Å². The van der Waals surface area contributed by atoms with E-state index in [9.17, 15) is 4.79 Å². The lowest BCUT2D eigenvalue weighted by molar-refractivity contribution is -0.116. The Balaban J connectivity index is 1.47. The molecule has 25 heavy (non-hydrogen) atoms. The molecule has 2 heterocycles. The average molecular weight is 360 g/mol. The highest BCUT2D eigenvalue weighted by Crippen LogP contribution is 2.17. The van der Waals surface area contributed by atoms with Gasteiger partial charge >= 0.3 is 0 Å². The van der Waals surface area contributed by atoms with Crippen LogP contribution in [0.25, 0.3) is 0 Å². The van der Waals surface area contributed by atoms with Crippen molar-refractivity contribution in [3.8, 4) is 5.75 Å². The van der Waals surface area contributed by atoms with Crippen LogP contribution in [0.1, 0.15) is 31.2 Å². The summed E-state index contributed by atoms with van der Waals surface area (Å²) in [4.78, 5) is 13.6. The van der Waals surface area contributed by atoms with Gasteiger partial charge in [-0.15, -0.1) is 5.10 Å². The van der Waals surface area contributed by atoms with Gasteiger partial charge in [0.15, 0.2) is 5.17 Å². The minimum absolute atomic E-state index is 0.0311. The van der Waals surface area contributed by atoms with E-state index in [1.807, 2.05) is 24.3 Å². The second-order valence-electron chi connectivity index (χ2n) is 6.13. The molecule has 0 aromatic heterocycles.